The van der Waals surface area contributed by atoms with Gasteiger partial charge in [-0.15, -0.1) is 0 Å². The molecule has 3 rings (SSSR count). The zero-order valence-electron chi connectivity index (χ0n) is 19.0. The summed E-state index contributed by atoms with van der Waals surface area (Å²) in [5.74, 6) is -0.414. The number of carbonyl (C=O) groups excluding carboxylic acids is 2. The molecule has 33 heavy (non-hydrogen) atoms. The van der Waals surface area contributed by atoms with Crippen molar-refractivity contribution in [3.05, 3.63) is 64.4 Å². The number of halogens is 2. The van der Waals surface area contributed by atoms with Crippen molar-refractivity contribution in [2.45, 2.75) is 6.54 Å². The number of carbonyl (C=O) groups is 2. The first-order valence-corrected chi connectivity index (χ1v) is 11.3. The third-order valence-electron chi connectivity index (χ3n) is 5.54. The third kappa shape index (κ3) is 7.70. The Balaban J connectivity index is 1.43. The Hall–Kier alpha value is -2.68. The average Bonchev–Trinajstić information content (AvgIpc) is 2.80. The molecule has 9 heteroatoms. The number of rotatable bonds is 9. The minimum atomic E-state index is -0.270. The van der Waals surface area contributed by atoms with Crippen LogP contribution in [0, 0.1) is 5.82 Å². The van der Waals surface area contributed by atoms with Gasteiger partial charge in [-0.25, -0.2) is 4.39 Å². The molecule has 7 nitrogen and oxygen atoms in total. The molecule has 2 amide bonds. The van der Waals surface area contributed by atoms with Gasteiger partial charge in [0, 0.05) is 64.9 Å². The Kier molecular flexibility index (Phi) is 9.05. The third-order valence-corrected chi connectivity index (χ3v) is 5.77. The van der Waals surface area contributed by atoms with E-state index in [2.05, 4.69) is 15.1 Å². The molecule has 0 aliphatic carbocycles. The summed E-state index contributed by atoms with van der Waals surface area (Å²) in [4.78, 5) is 30.6. The van der Waals surface area contributed by atoms with Gasteiger partial charge in [-0.2, -0.15) is 0 Å². The van der Waals surface area contributed by atoms with E-state index in [4.69, 9.17) is 16.3 Å². The molecule has 2 aromatic carbocycles. The predicted octanol–water partition coefficient (Wildman–Crippen LogP) is 2.49. The summed E-state index contributed by atoms with van der Waals surface area (Å²) in [5.41, 5.74) is 1.44. The molecule has 1 aliphatic rings. The van der Waals surface area contributed by atoms with Gasteiger partial charge in [-0.1, -0.05) is 23.7 Å². The van der Waals surface area contributed by atoms with Crippen LogP contribution in [-0.4, -0.2) is 86.5 Å². The standard InChI is InChI=1S/C24H30ClFN4O3/c1-28(2)23(31)17-33-22-15-19(25)5-8-21(22)24(32)27-9-10-29-11-13-30(14-12-29)16-18-3-6-20(26)7-4-18/h3-8,15H,9-14,16-17H2,1-2H3,(H,27,32). The van der Waals surface area contributed by atoms with E-state index in [9.17, 15) is 14.0 Å². The summed E-state index contributed by atoms with van der Waals surface area (Å²) in [5, 5.41) is 3.35. The summed E-state index contributed by atoms with van der Waals surface area (Å²) in [6.07, 6.45) is 0. The largest absolute Gasteiger partial charge is 0.483 e. The van der Waals surface area contributed by atoms with Crippen molar-refractivity contribution >= 4 is 23.4 Å². The van der Waals surface area contributed by atoms with Crippen LogP contribution < -0.4 is 10.1 Å². The molecular weight excluding hydrogens is 447 g/mol. The second-order valence-electron chi connectivity index (χ2n) is 8.22. The Bertz CT molecular complexity index is 947. The molecule has 0 bridgehead atoms. The lowest BCUT2D eigenvalue weighted by molar-refractivity contribution is -0.130. The lowest BCUT2D eigenvalue weighted by atomic mass is 10.2. The number of nitrogens with one attached hydrogen (secondary N) is 1. The lowest BCUT2D eigenvalue weighted by Crippen LogP contribution is -2.48. The zero-order chi connectivity index (χ0) is 23.8. The maximum atomic E-state index is 13.1. The predicted molar refractivity (Wildman–Crippen MR) is 126 cm³/mol. The molecule has 1 heterocycles. The summed E-state index contributed by atoms with van der Waals surface area (Å²) in [7, 11) is 3.28. The molecule has 178 valence electrons. The van der Waals surface area contributed by atoms with Crippen molar-refractivity contribution in [3.63, 3.8) is 0 Å². The van der Waals surface area contributed by atoms with Gasteiger partial charge in [0.05, 0.1) is 5.56 Å². The van der Waals surface area contributed by atoms with Crippen LogP contribution in [0.15, 0.2) is 42.5 Å². The molecule has 1 N–H and O–H groups in total. The molecule has 1 saturated heterocycles. The summed E-state index contributed by atoms with van der Waals surface area (Å²) in [6.45, 7) is 5.50. The second-order valence-corrected chi connectivity index (χ2v) is 8.65. The molecule has 0 aromatic heterocycles. The van der Waals surface area contributed by atoms with E-state index in [0.29, 0.717) is 17.1 Å². The van der Waals surface area contributed by atoms with Gasteiger partial charge < -0.3 is 15.0 Å². The molecule has 0 radical (unpaired) electrons. The number of hydrogen-bond donors (Lipinski definition) is 1. The first-order valence-electron chi connectivity index (χ1n) is 10.9. The van der Waals surface area contributed by atoms with Crippen LogP contribution in [0.5, 0.6) is 5.75 Å². The molecule has 0 saturated carbocycles. The van der Waals surface area contributed by atoms with Gasteiger partial charge >= 0.3 is 0 Å². The summed E-state index contributed by atoms with van der Waals surface area (Å²) in [6, 6.07) is 11.4. The lowest BCUT2D eigenvalue weighted by Gasteiger charge is -2.34. The number of piperazine rings is 1. The quantitative estimate of drug-likeness (QED) is 0.602. The van der Waals surface area contributed by atoms with Crippen LogP contribution in [-0.2, 0) is 11.3 Å². The first kappa shape index (κ1) is 25.0. The maximum absolute atomic E-state index is 13.1. The van der Waals surface area contributed by atoms with Gasteiger partial charge in [0.2, 0.25) is 0 Å². The first-order chi connectivity index (χ1) is 15.8. The molecular formula is C24H30ClFN4O3. The van der Waals surface area contributed by atoms with Gasteiger partial charge in [-0.3, -0.25) is 19.4 Å². The minimum absolute atomic E-state index is 0.171. The Labute approximate surface area is 199 Å². The van der Waals surface area contributed by atoms with Gasteiger partial charge in [-0.05, 0) is 35.9 Å². The van der Waals surface area contributed by atoms with E-state index in [-0.39, 0.29) is 30.0 Å². The molecule has 1 aliphatic heterocycles. The topological polar surface area (TPSA) is 65.1 Å². The molecule has 0 unspecified atom stereocenters. The fourth-order valence-electron chi connectivity index (χ4n) is 3.51. The van der Waals surface area contributed by atoms with Crippen molar-refractivity contribution in [2.75, 3.05) is 60.0 Å². The Morgan fingerprint density at radius 3 is 2.39 bits per heavy atom. The number of nitrogens with zero attached hydrogens (tertiary/aromatic N) is 3. The fraction of sp³-hybridized carbons (Fsp3) is 0.417. The second kappa shape index (κ2) is 12.0. The number of ether oxygens (including phenoxy) is 1. The Morgan fingerprint density at radius 1 is 1.06 bits per heavy atom. The normalized spacial score (nSPS) is 14.7. The van der Waals surface area contributed by atoms with Crippen LogP contribution in [0.3, 0.4) is 0 Å². The van der Waals surface area contributed by atoms with Crippen molar-refractivity contribution in [3.8, 4) is 5.75 Å². The van der Waals surface area contributed by atoms with E-state index < -0.39 is 0 Å². The highest BCUT2D eigenvalue weighted by Crippen LogP contribution is 2.23. The van der Waals surface area contributed by atoms with Crippen molar-refractivity contribution in [2.24, 2.45) is 0 Å². The van der Waals surface area contributed by atoms with E-state index in [0.717, 1.165) is 44.8 Å². The van der Waals surface area contributed by atoms with E-state index in [1.165, 1.54) is 17.0 Å². The molecule has 0 atom stereocenters. The van der Waals surface area contributed by atoms with Crippen molar-refractivity contribution in [1.82, 2.24) is 20.0 Å². The Morgan fingerprint density at radius 2 is 1.73 bits per heavy atom. The highest BCUT2D eigenvalue weighted by Gasteiger charge is 2.18. The van der Waals surface area contributed by atoms with Crippen LogP contribution in [0.25, 0.3) is 0 Å². The fourth-order valence-corrected chi connectivity index (χ4v) is 3.68. The van der Waals surface area contributed by atoms with Crippen LogP contribution in [0.1, 0.15) is 15.9 Å². The van der Waals surface area contributed by atoms with Crippen LogP contribution in [0.4, 0.5) is 4.39 Å². The number of hydrogen-bond acceptors (Lipinski definition) is 5. The SMILES string of the molecule is CN(C)C(=O)COc1cc(Cl)ccc1C(=O)NCCN1CCN(Cc2ccc(F)cc2)CC1. The van der Waals surface area contributed by atoms with Gasteiger partial charge in [0.1, 0.15) is 11.6 Å². The number of amides is 2. The van der Waals surface area contributed by atoms with E-state index >= 15 is 0 Å². The maximum Gasteiger partial charge on any atom is 0.259 e. The highest BCUT2D eigenvalue weighted by atomic mass is 35.5. The van der Waals surface area contributed by atoms with Gasteiger partial charge in [0.25, 0.3) is 11.8 Å². The van der Waals surface area contributed by atoms with Crippen LogP contribution >= 0.6 is 11.6 Å². The molecule has 2 aromatic rings. The van der Waals surface area contributed by atoms with Crippen LogP contribution in [0.2, 0.25) is 5.02 Å². The van der Waals surface area contributed by atoms with Crippen molar-refractivity contribution in [1.29, 1.82) is 0 Å². The average molecular weight is 477 g/mol. The zero-order valence-corrected chi connectivity index (χ0v) is 19.8. The smallest absolute Gasteiger partial charge is 0.259 e. The van der Waals surface area contributed by atoms with Gasteiger partial charge in [0.15, 0.2) is 6.61 Å². The van der Waals surface area contributed by atoms with Crippen molar-refractivity contribution < 1.29 is 18.7 Å². The summed E-state index contributed by atoms with van der Waals surface area (Å²) < 4.78 is 18.6. The monoisotopic (exact) mass is 476 g/mol. The van der Waals surface area contributed by atoms with E-state index in [1.54, 1.807) is 32.3 Å². The minimum Gasteiger partial charge on any atom is -0.483 e. The molecule has 0 spiro atoms. The highest BCUT2D eigenvalue weighted by molar-refractivity contribution is 6.30. The molecule has 1 fully saturated rings. The van der Waals surface area contributed by atoms with E-state index in [1.807, 2.05) is 12.1 Å². The number of benzene rings is 2. The summed E-state index contributed by atoms with van der Waals surface area (Å²) >= 11 is 6.04. The number of likely N-dealkylation sites (N-methyl/N-ethyl adjacent to an activating group) is 1.